The minimum Gasteiger partial charge on any atom is -0.394 e. The molecule has 29 heavy (non-hydrogen) atoms. The van der Waals surface area contributed by atoms with Gasteiger partial charge in [0.05, 0.1) is 18.7 Å². The SMILES string of the molecule is CCC(=O)N1[C@H](CO)[C@H](c2ccc(-c3ccccc3)cc2)[C@H]1CN(CC)C(C)=O. The third-order valence-electron chi connectivity index (χ3n) is 5.96. The number of hydrogen-bond acceptors (Lipinski definition) is 3. The van der Waals surface area contributed by atoms with Gasteiger partial charge in [0.25, 0.3) is 0 Å². The predicted molar refractivity (Wildman–Crippen MR) is 114 cm³/mol. The molecule has 0 aliphatic carbocycles. The van der Waals surface area contributed by atoms with Gasteiger partial charge in [-0.2, -0.15) is 0 Å². The highest BCUT2D eigenvalue weighted by Gasteiger charge is 2.51. The molecule has 0 unspecified atom stereocenters. The number of carbonyl (C=O) groups is 2. The van der Waals surface area contributed by atoms with Gasteiger partial charge in [-0.1, -0.05) is 61.5 Å². The average molecular weight is 395 g/mol. The van der Waals surface area contributed by atoms with E-state index in [2.05, 4.69) is 36.4 Å². The molecule has 154 valence electrons. The quantitative estimate of drug-likeness (QED) is 0.784. The van der Waals surface area contributed by atoms with Crippen molar-refractivity contribution in [3.05, 3.63) is 60.2 Å². The van der Waals surface area contributed by atoms with Crippen LogP contribution in [0.5, 0.6) is 0 Å². The topological polar surface area (TPSA) is 60.9 Å². The molecule has 0 bridgehead atoms. The second-order valence-electron chi connectivity index (χ2n) is 7.54. The van der Waals surface area contributed by atoms with E-state index in [4.69, 9.17) is 0 Å². The molecule has 2 amide bonds. The molecule has 0 aromatic heterocycles. The standard InChI is InChI=1S/C24H30N2O3/c1-4-23(29)26-21(15-25(5-2)17(3)28)24(22(26)16-27)20-13-11-19(12-14-20)18-9-7-6-8-10-18/h6-14,21-22,24,27H,4-5,15-16H2,1-3H3/t21-,22-,24-/m1/s1. The lowest BCUT2D eigenvalue weighted by Gasteiger charge is -2.56. The highest BCUT2D eigenvalue weighted by molar-refractivity contribution is 5.79. The van der Waals surface area contributed by atoms with E-state index in [1.807, 2.05) is 32.0 Å². The Hall–Kier alpha value is -2.66. The van der Waals surface area contributed by atoms with Crippen molar-refractivity contribution in [2.45, 2.75) is 45.2 Å². The van der Waals surface area contributed by atoms with Gasteiger partial charge in [-0.3, -0.25) is 9.59 Å². The summed E-state index contributed by atoms with van der Waals surface area (Å²) in [4.78, 5) is 28.0. The van der Waals surface area contributed by atoms with Crippen molar-refractivity contribution in [1.29, 1.82) is 0 Å². The van der Waals surface area contributed by atoms with Crippen molar-refractivity contribution < 1.29 is 14.7 Å². The van der Waals surface area contributed by atoms with Gasteiger partial charge in [-0.25, -0.2) is 0 Å². The molecule has 0 radical (unpaired) electrons. The van der Waals surface area contributed by atoms with E-state index in [-0.39, 0.29) is 36.4 Å². The number of rotatable bonds is 7. The van der Waals surface area contributed by atoms with Gasteiger partial charge in [0.2, 0.25) is 11.8 Å². The molecule has 5 nitrogen and oxygen atoms in total. The second-order valence-corrected chi connectivity index (χ2v) is 7.54. The summed E-state index contributed by atoms with van der Waals surface area (Å²) >= 11 is 0. The number of benzene rings is 2. The lowest BCUT2D eigenvalue weighted by Crippen LogP contribution is -2.68. The van der Waals surface area contributed by atoms with Crippen LogP contribution in [0.4, 0.5) is 0 Å². The smallest absolute Gasteiger partial charge is 0.222 e. The fourth-order valence-electron chi connectivity index (χ4n) is 4.38. The first-order valence-electron chi connectivity index (χ1n) is 10.3. The van der Waals surface area contributed by atoms with E-state index in [9.17, 15) is 14.7 Å². The summed E-state index contributed by atoms with van der Waals surface area (Å²) in [6.45, 7) is 6.33. The number of hydrogen-bond donors (Lipinski definition) is 1. The number of aliphatic hydroxyl groups excluding tert-OH is 1. The summed E-state index contributed by atoms with van der Waals surface area (Å²) in [6, 6.07) is 18.1. The summed E-state index contributed by atoms with van der Waals surface area (Å²) < 4.78 is 0. The summed E-state index contributed by atoms with van der Waals surface area (Å²) in [6.07, 6.45) is 0.388. The maximum atomic E-state index is 12.5. The Labute approximate surface area is 172 Å². The summed E-state index contributed by atoms with van der Waals surface area (Å²) in [5.41, 5.74) is 3.37. The Morgan fingerprint density at radius 2 is 1.59 bits per heavy atom. The van der Waals surface area contributed by atoms with Crippen LogP contribution in [0.2, 0.25) is 0 Å². The van der Waals surface area contributed by atoms with Crippen molar-refractivity contribution >= 4 is 11.8 Å². The van der Waals surface area contributed by atoms with Crippen LogP contribution in [0.1, 0.15) is 38.7 Å². The lowest BCUT2D eigenvalue weighted by atomic mass is 9.74. The molecule has 1 N–H and O–H groups in total. The fourth-order valence-corrected chi connectivity index (χ4v) is 4.38. The zero-order valence-corrected chi connectivity index (χ0v) is 17.4. The van der Waals surface area contributed by atoms with Crippen molar-refractivity contribution in [2.75, 3.05) is 19.7 Å². The van der Waals surface area contributed by atoms with Crippen molar-refractivity contribution in [1.82, 2.24) is 9.80 Å². The molecule has 2 aromatic carbocycles. The molecule has 1 aliphatic rings. The lowest BCUT2D eigenvalue weighted by molar-refractivity contribution is -0.154. The summed E-state index contributed by atoms with van der Waals surface area (Å²) in [7, 11) is 0. The maximum absolute atomic E-state index is 12.5. The second kappa shape index (κ2) is 9.23. The largest absolute Gasteiger partial charge is 0.394 e. The number of carbonyl (C=O) groups excluding carboxylic acids is 2. The monoisotopic (exact) mass is 394 g/mol. The van der Waals surface area contributed by atoms with Gasteiger partial charge in [0.1, 0.15) is 0 Å². The van der Waals surface area contributed by atoms with Crippen LogP contribution in [-0.2, 0) is 9.59 Å². The van der Waals surface area contributed by atoms with Gasteiger partial charge >= 0.3 is 0 Å². The third kappa shape index (κ3) is 4.20. The minimum atomic E-state index is -0.249. The van der Waals surface area contributed by atoms with Crippen LogP contribution in [0.15, 0.2) is 54.6 Å². The molecule has 1 heterocycles. The molecule has 1 saturated heterocycles. The van der Waals surface area contributed by atoms with Crippen LogP contribution in [0, 0.1) is 0 Å². The first-order valence-corrected chi connectivity index (χ1v) is 10.3. The highest BCUT2D eigenvalue weighted by atomic mass is 16.3. The van der Waals surface area contributed by atoms with Gasteiger partial charge in [-0.05, 0) is 23.6 Å². The van der Waals surface area contributed by atoms with Crippen LogP contribution < -0.4 is 0 Å². The van der Waals surface area contributed by atoms with Crippen molar-refractivity contribution in [3.63, 3.8) is 0 Å². The van der Waals surface area contributed by atoms with Crippen LogP contribution in [0.25, 0.3) is 11.1 Å². The van der Waals surface area contributed by atoms with Crippen LogP contribution in [0.3, 0.4) is 0 Å². The number of aliphatic hydroxyl groups is 1. The molecule has 5 heteroatoms. The Morgan fingerprint density at radius 3 is 2.10 bits per heavy atom. The van der Waals surface area contributed by atoms with E-state index in [0.717, 1.165) is 16.7 Å². The molecule has 0 saturated carbocycles. The molecular weight excluding hydrogens is 364 g/mol. The molecule has 3 atom stereocenters. The molecule has 3 rings (SSSR count). The Morgan fingerprint density at radius 1 is 0.966 bits per heavy atom. The van der Waals surface area contributed by atoms with Gasteiger partial charge < -0.3 is 14.9 Å². The molecular formula is C24H30N2O3. The van der Waals surface area contributed by atoms with Gasteiger partial charge in [-0.15, -0.1) is 0 Å². The van der Waals surface area contributed by atoms with E-state index in [0.29, 0.717) is 19.5 Å². The van der Waals surface area contributed by atoms with Crippen molar-refractivity contribution in [3.8, 4) is 11.1 Å². The molecule has 2 aromatic rings. The summed E-state index contributed by atoms with van der Waals surface area (Å²) in [5, 5.41) is 10.0. The maximum Gasteiger partial charge on any atom is 0.222 e. The zero-order chi connectivity index (χ0) is 21.0. The number of likely N-dealkylation sites (N-methyl/N-ethyl adjacent to an activating group) is 1. The van der Waals surface area contributed by atoms with E-state index < -0.39 is 0 Å². The molecule has 0 spiro atoms. The Balaban J connectivity index is 1.89. The van der Waals surface area contributed by atoms with Gasteiger partial charge in [0, 0.05) is 32.4 Å². The van der Waals surface area contributed by atoms with E-state index in [1.165, 1.54) is 0 Å². The Kier molecular flexibility index (Phi) is 6.70. The first-order chi connectivity index (χ1) is 14.0. The van der Waals surface area contributed by atoms with Gasteiger partial charge in [0.15, 0.2) is 0 Å². The Bertz CT molecular complexity index is 835. The minimum absolute atomic E-state index is 0.00187. The van der Waals surface area contributed by atoms with Crippen molar-refractivity contribution in [2.24, 2.45) is 0 Å². The third-order valence-corrected chi connectivity index (χ3v) is 5.96. The van der Waals surface area contributed by atoms with Crippen LogP contribution >= 0.6 is 0 Å². The first kappa shape index (κ1) is 21.1. The van der Waals surface area contributed by atoms with E-state index >= 15 is 0 Å². The van der Waals surface area contributed by atoms with Crippen LogP contribution in [-0.4, -0.2) is 58.5 Å². The zero-order valence-electron chi connectivity index (χ0n) is 17.4. The highest BCUT2D eigenvalue weighted by Crippen LogP contribution is 2.42. The number of nitrogens with zero attached hydrogens (tertiary/aromatic N) is 2. The normalized spacial score (nSPS) is 20.8. The predicted octanol–water partition coefficient (Wildman–Crippen LogP) is 3.29. The molecule has 1 aliphatic heterocycles. The fraction of sp³-hybridized carbons (Fsp3) is 0.417. The average Bonchev–Trinajstić information content (AvgIpc) is 2.74. The number of likely N-dealkylation sites (tertiary alicyclic amines) is 1. The summed E-state index contributed by atoms with van der Waals surface area (Å²) in [5.74, 6) is 0.0292. The van der Waals surface area contributed by atoms with E-state index in [1.54, 1.807) is 16.7 Å². The number of amides is 2. The molecule has 1 fully saturated rings.